The van der Waals surface area contributed by atoms with Gasteiger partial charge in [-0.1, -0.05) is 24.3 Å². The van der Waals surface area contributed by atoms with Crippen LogP contribution >= 0.6 is 0 Å². The first kappa shape index (κ1) is 20.1. The van der Waals surface area contributed by atoms with Crippen molar-refractivity contribution >= 4 is 21.6 Å². The van der Waals surface area contributed by atoms with Crippen LogP contribution in [0.1, 0.15) is 19.0 Å². The van der Waals surface area contributed by atoms with Crippen LogP contribution in [0.4, 0.5) is 5.69 Å². The number of nitrogens with one attached hydrogen (secondary N) is 2. The highest BCUT2D eigenvalue weighted by molar-refractivity contribution is 7.89. The summed E-state index contributed by atoms with van der Waals surface area (Å²) in [6.45, 7) is 2.97. The number of sulfonamides is 1. The van der Waals surface area contributed by atoms with Crippen molar-refractivity contribution in [2.75, 3.05) is 11.9 Å². The van der Waals surface area contributed by atoms with E-state index in [-0.39, 0.29) is 17.3 Å². The molecule has 156 valence electrons. The maximum atomic E-state index is 12.6. The average Bonchev–Trinajstić information content (AvgIpc) is 3.16. The second-order valence-corrected chi connectivity index (χ2v) is 8.77. The number of nitrogens with zero attached hydrogens (tertiary/aromatic N) is 2. The summed E-state index contributed by atoms with van der Waals surface area (Å²) in [6, 6.07) is 15.8. The topological polar surface area (TPSA) is 102 Å². The molecule has 0 bridgehead atoms. The monoisotopic (exact) mass is 426 g/mol. The second kappa shape index (κ2) is 8.29. The number of benzene rings is 2. The molecule has 0 saturated heterocycles. The lowest BCUT2D eigenvalue weighted by molar-refractivity contribution is -0.114. The van der Waals surface area contributed by atoms with Gasteiger partial charge in [-0.05, 0) is 35.4 Å². The van der Waals surface area contributed by atoms with E-state index in [1.807, 2.05) is 12.1 Å². The van der Waals surface area contributed by atoms with E-state index in [1.54, 1.807) is 47.1 Å². The van der Waals surface area contributed by atoms with Crippen molar-refractivity contribution in [1.29, 1.82) is 0 Å². The van der Waals surface area contributed by atoms with Crippen LogP contribution in [-0.4, -0.2) is 30.7 Å². The van der Waals surface area contributed by atoms with Crippen molar-refractivity contribution in [2.45, 2.75) is 31.3 Å². The summed E-state index contributed by atoms with van der Waals surface area (Å²) in [5.41, 5.74) is 3.12. The predicted molar refractivity (Wildman–Crippen MR) is 113 cm³/mol. The van der Waals surface area contributed by atoms with Crippen LogP contribution in [-0.2, 0) is 27.9 Å². The Morgan fingerprint density at radius 1 is 1.10 bits per heavy atom. The minimum atomic E-state index is -3.67. The zero-order valence-corrected chi connectivity index (χ0v) is 17.3. The van der Waals surface area contributed by atoms with Crippen molar-refractivity contribution in [2.24, 2.45) is 0 Å². The lowest BCUT2D eigenvalue weighted by atomic mass is 10.1. The van der Waals surface area contributed by atoms with Gasteiger partial charge < -0.3 is 10.1 Å². The van der Waals surface area contributed by atoms with Crippen LogP contribution in [0, 0.1) is 0 Å². The maximum absolute atomic E-state index is 12.6. The standard InChI is InChI=1S/C21H22N4O4S/c1-15(26)23-18-7-3-16(4-8-18)17-5-9-20(10-6-17)30(27,28)22-14-19-13-21-25(24-19)11-2-12-29-21/h3-10,13,22H,2,11-12,14H2,1H3,(H,23,26). The van der Waals surface area contributed by atoms with Crippen molar-refractivity contribution in [3.05, 3.63) is 60.3 Å². The number of carbonyl (C=O) groups is 1. The summed E-state index contributed by atoms with van der Waals surface area (Å²) in [5, 5.41) is 7.08. The molecule has 0 radical (unpaired) electrons. The molecule has 0 aliphatic carbocycles. The number of aryl methyl sites for hydroxylation is 1. The van der Waals surface area contributed by atoms with Crippen LogP contribution in [0.2, 0.25) is 0 Å². The molecule has 2 aromatic carbocycles. The smallest absolute Gasteiger partial charge is 0.240 e. The van der Waals surface area contributed by atoms with Crippen LogP contribution in [0.25, 0.3) is 11.1 Å². The molecule has 1 amide bonds. The normalized spacial score (nSPS) is 13.4. The van der Waals surface area contributed by atoms with Crippen LogP contribution in [0.15, 0.2) is 59.5 Å². The van der Waals surface area contributed by atoms with Gasteiger partial charge in [-0.2, -0.15) is 5.10 Å². The highest BCUT2D eigenvalue weighted by atomic mass is 32.2. The van der Waals surface area contributed by atoms with Gasteiger partial charge in [0.05, 0.1) is 23.7 Å². The van der Waals surface area contributed by atoms with Gasteiger partial charge in [-0.3, -0.25) is 4.79 Å². The van der Waals surface area contributed by atoms with Crippen molar-refractivity contribution in [3.63, 3.8) is 0 Å². The molecule has 1 aliphatic rings. The van der Waals surface area contributed by atoms with Crippen LogP contribution in [0.5, 0.6) is 5.88 Å². The number of hydrogen-bond acceptors (Lipinski definition) is 5. The zero-order chi connectivity index (χ0) is 21.1. The Morgan fingerprint density at radius 3 is 2.40 bits per heavy atom. The Balaban J connectivity index is 1.43. The molecular weight excluding hydrogens is 404 g/mol. The summed E-state index contributed by atoms with van der Waals surface area (Å²) < 4.78 is 35.1. The SMILES string of the molecule is CC(=O)Nc1ccc(-c2ccc(S(=O)(=O)NCc3cc4n(n3)CCCO4)cc2)cc1. The van der Waals surface area contributed by atoms with Crippen molar-refractivity contribution in [1.82, 2.24) is 14.5 Å². The average molecular weight is 426 g/mol. The number of hydrogen-bond donors (Lipinski definition) is 2. The number of rotatable bonds is 6. The maximum Gasteiger partial charge on any atom is 0.240 e. The van der Waals surface area contributed by atoms with Gasteiger partial charge in [-0.25, -0.2) is 17.8 Å². The van der Waals surface area contributed by atoms with Gasteiger partial charge in [0.25, 0.3) is 0 Å². The van der Waals surface area contributed by atoms with Gasteiger partial charge in [0.1, 0.15) is 0 Å². The quantitative estimate of drug-likeness (QED) is 0.631. The van der Waals surface area contributed by atoms with E-state index in [9.17, 15) is 13.2 Å². The molecule has 0 unspecified atom stereocenters. The van der Waals surface area contributed by atoms with E-state index in [0.29, 0.717) is 23.9 Å². The third kappa shape index (κ3) is 4.52. The Labute approximate surface area is 174 Å². The molecule has 8 nitrogen and oxygen atoms in total. The van der Waals surface area contributed by atoms with E-state index < -0.39 is 10.0 Å². The minimum Gasteiger partial charge on any atom is -0.478 e. The van der Waals surface area contributed by atoms with Gasteiger partial charge in [0.15, 0.2) is 0 Å². The summed E-state index contributed by atoms with van der Waals surface area (Å²) in [7, 11) is -3.67. The van der Waals surface area contributed by atoms with Gasteiger partial charge >= 0.3 is 0 Å². The molecule has 0 atom stereocenters. The van der Waals surface area contributed by atoms with Gasteiger partial charge in [0.2, 0.25) is 21.8 Å². The molecule has 2 N–H and O–H groups in total. The van der Waals surface area contributed by atoms with Crippen LogP contribution in [0.3, 0.4) is 0 Å². The molecule has 30 heavy (non-hydrogen) atoms. The molecule has 0 fully saturated rings. The Hall–Kier alpha value is -3.17. The fourth-order valence-corrected chi connectivity index (χ4v) is 4.23. The molecule has 0 spiro atoms. The zero-order valence-electron chi connectivity index (χ0n) is 16.5. The van der Waals surface area contributed by atoms with Crippen molar-refractivity contribution in [3.8, 4) is 17.0 Å². The second-order valence-electron chi connectivity index (χ2n) is 7.01. The van der Waals surface area contributed by atoms with E-state index in [0.717, 1.165) is 24.1 Å². The summed E-state index contributed by atoms with van der Waals surface area (Å²) in [6.07, 6.45) is 0.891. The molecule has 1 aliphatic heterocycles. The largest absolute Gasteiger partial charge is 0.478 e. The van der Waals surface area contributed by atoms with E-state index in [4.69, 9.17) is 4.74 Å². The fraction of sp³-hybridized carbons (Fsp3) is 0.238. The lowest BCUT2D eigenvalue weighted by Crippen LogP contribution is -2.23. The first-order chi connectivity index (χ1) is 14.4. The Bertz CT molecular complexity index is 1130. The van der Waals surface area contributed by atoms with Crippen LogP contribution < -0.4 is 14.8 Å². The third-order valence-electron chi connectivity index (χ3n) is 4.70. The molecule has 3 aromatic rings. The fourth-order valence-electron chi connectivity index (χ4n) is 3.23. The number of aromatic nitrogens is 2. The summed E-state index contributed by atoms with van der Waals surface area (Å²) in [4.78, 5) is 11.3. The van der Waals surface area contributed by atoms with Gasteiger partial charge in [-0.15, -0.1) is 0 Å². The molecular formula is C21H22N4O4S. The summed E-state index contributed by atoms with van der Waals surface area (Å²) >= 11 is 0. The highest BCUT2D eigenvalue weighted by Crippen LogP contribution is 2.23. The van der Waals surface area contributed by atoms with E-state index in [1.165, 1.54) is 6.92 Å². The molecule has 1 aromatic heterocycles. The number of fused-ring (bicyclic) bond motifs is 1. The van der Waals surface area contributed by atoms with Crippen molar-refractivity contribution < 1.29 is 17.9 Å². The molecule has 9 heteroatoms. The molecule has 2 heterocycles. The predicted octanol–water partition coefficient (Wildman–Crippen LogP) is 2.77. The van der Waals surface area contributed by atoms with E-state index >= 15 is 0 Å². The number of ether oxygens (including phenoxy) is 1. The lowest BCUT2D eigenvalue weighted by Gasteiger charge is -2.13. The van der Waals surface area contributed by atoms with E-state index in [2.05, 4.69) is 15.1 Å². The third-order valence-corrected chi connectivity index (χ3v) is 6.12. The first-order valence-corrected chi connectivity index (χ1v) is 11.1. The molecule has 4 rings (SSSR count). The number of carbonyl (C=O) groups excluding carboxylic acids is 1. The van der Waals surface area contributed by atoms with Gasteiger partial charge in [0, 0.05) is 31.6 Å². The number of amides is 1. The first-order valence-electron chi connectivity index (χ1n) is 9.58. The number of anilines is 1. The molecule has 0 saturated carbocycles. The summed E-state index contributed by atoms with van der Waals surface area (Å²) in [5.74, 6) is 0.539. The highest BCUT2D eigenvalue weighted by Gasteiger charge is 2.17. The minimum absolute atomic E-state index is 0.0953. The Morgan fingerprint density at radius 2 is 1.77 bits per heavy atom. The Kier molecular flexibility index (Phi) is 5.56.